The highest BCUT2D eigenvalue weighted by Gasteiger charge is 2.40. The molecule has 1 heterocycles. The number of rotatable bonds is 5. The third-order valence-corrected chi connectivity index (χ3v) is 4.52. The molecule has 14 heavy (non-hydrogen) atoms. The third kappa shape index (κ3) is 2.18. The molecule has 0 radical (unpaired) electrons. The lowest BCUT2D eigenvalue weighted by molar-refractivity contribution is 0.417. The second kappa shape index (κ2) is 4.03. The smallest absolute Gasteiger partial charge is 0.0386 e. The molecule has 1 nitrogen and oxygen atoms in total. The van der Waals surface area contributed by atoms with Gasteiger partial charge in [-0.15, -0.1) is 11.3 Å². The zero-order valence-electron chi connectivity index (χ0n) is 9.05. The van der Waals surface area contributed by atoms with Crippen molar-refractivity contribution in [3.05, 3.63) is 22.4 Å². The fourth-order valence-electron chi connectivity index (χ4n) is 1.84. The molecule has 1 unspecified atom stereocenters. The molecular formula is C12H19NS. The standard InChI is InChI=1S/C12H19NS/c1-3-12(6-7-12)9-13-10(2)11-5-4-8-14-11/h4-5,8,10,13H,3,6-7,9H2,1-2H3. The van der Waals surface area contributed by atoms with E-state index in [1.54, 1.807) is 0 Å². The summed E-state index contributed by atoms with van der Waals surface area (Å²) in [6.45, 7) is 5.77. The predicted molar refractivity (Wildman–Crippen MR) is 62.7 cm³/mol. The Labute approximate surface area is 90.5 Å². The van der Waals surface area contributed by atoms with E-state index in [2.05, 4.69) is 36.7 Å². The quantitative estimate of drug-likeness (QED) is 0.781. The first-order valence-electron chi connectivity index (χ1n) is 5.52. The molecule has 1 aliphatic rings. The van der Waals surface area contributed by atoms with Crippen LogP contribution in [0.3, 0.4) is 0 Å². The van der Waals surface area contributed by atoms with Crippen molar-refractivity contribution in [1.82, 2.24) is 5.32 Å². The van der Waals surface area contributed by atoms with Crippen LogP contribution in [-0.2, 0) is 0 Å². The summed E-state index contributed by atoms with van der Waals surface area (Å²) in [5, 5.41) is 5.80. The average molecular weight is 209 g/mol. The Morgan fingerprint density at radius 1 is 1.57 bits per heavy atom. The maximum Gasteiger partial charge on any atom is 0.0386 e. The van der Waals surface area contributed by atoms with Gasteiger partial charge in [0.25, 0.3) is 0 Å². The highest BCUT2D eigenvalue weighted by atomic mass is 32.1. The molecule has 1 aromatic rings. The van der Waals surface area contributed by atoms with Gasteiger partial charge in [-0.3, -0.25) is 0 Å². The van der Waals surface area contributed by atoms with Gasteiger partial charge in [0.05, 0.1) is 0 Å². The van der Waals surface area contributed by atoms with Gasteiger partial charge in [0.2, 0.25) is 0 Å². The van der Waals surface area contributed by atoms with E-state index in [4.69, 9.17) is 0 Å². The fourth-order valence-corrected chi connectivity index (χ4v) is 2.60. The van der Waals surface area contributed by atoms with E-state index < -0.39 is 0 Å². The summed E-state index contributed by atoms with van der Waals surface area (Å²) in [4.78, 5) is 1.46. The minimum atomic E-state index is 0.527. The second-order valence-electron chi connectivity index (χ2n) is 4.47. The van der Waals surface area contributed by atoms with Crippen LogP contribution >= 0.6 is 11.3 Å². The molecule has 1 atom stereocenters. The van der Waals surface area contributed by atoms with Gasteiger partial charge in [-0.2, -0.15) is 0 Å². The lowest BCUT2D eigenvalue weighted by Gasteiger charge is -2.17. The molecule has 1 N–H and O–H groups in total. The molecule has 0 bridgehead atoms. The van der Waals surface area contributed by atoms with Crippen LogP contribution in [0.4, 0.5) is 0 Å². The van der Waals surface area contributed by atoms with E-state index in [-0.39, 0.29) is 0 Å². The second-order valence-corrected chi connectivity index (χ2v) is 5.45. The topological polar surface area (TPSA) is 12.0 Å². The van der Waals surface area contributed by atoms with Crippen molar-refractivity contribution in [2.45, 2.75) is 39.2 Å². The molecule has 2 rings (SSSR count). The Hall–Kier alpha value is -0.340. The van der Waals surface area contributed by atoms with Crippen LogP contribution in [0.1, 0.15) is 44.0 Å². The largest absolute Gasteiger partial charge is 0.309 e. The summed E-state index contributed by atoms with van der Waals surface area (Å²) >= 11 is 1.85. The first kappa shape index (κ1) is 10.2. The van der Waals surface area contributed by atoms with Crippen molar-refractivity contribution >= 4 is 11.3 Å². The fraction of sp³-hybridized carbons (Fsp3) is 0.667. The van der Waals surface area contributed by atoms with Crippen LogP contribution in [0.2, 0.25) is 0 Å². The van der Waals surface area contributed by atoms with Crippen LogP contribution in [0.25, 0.3) is 0 Å². The maximum absolute atomic E-state index is 3.65. The summed E-state index contributed by atoms with van der Waals surface area (Å²) in [6, 6.07) is 4.87. The Morgan fingerprint density at radius 2 is 2.36 bits per heavy atom. The van der Waals surface area contributed by atoms with E-state index in [0.29, 0.717) is 11.5 Å². The molecular weight excluding hydrogens is 190 g/mol. The van der Waals surface area contributed by atoms with E-state index in [1.165, 1.54) is 30.7 Å². The van der Waals surface area contributed by atoms with Gasteiger partial charge in [-0.25, -0.2) is 0 Å². The first-order valence-corrected chi connectivity index (χ1v) is 6.40. The van der Waals surface area contributed by atoms with Crippen LogP contribution in [0.5, 0.6) is 0 Å². The molecule has 1 saturated carbocycles. The summed E-state index contributed by atoms with van der Waals surface area (Å²) in [5.74, 6) is 0. The van der Waals surface area contributed by atoms with Crippen LogP contribution in [0.15, 0.2) is 17.5 Å². The molecule has 1 aliphatic carbocycles. The molecule has 0 amide bonds. The normalized spacial score (nSPS) is 20.7. The van der Waals surface area contributed by atoms with Crippen molar-refractivity contribution in [3.8, 4) is 0 Å². The zero-order valence-corrected chi connectivity index (χ0v) is 9.86. The van der Waals surface area contributed by atoms with Gasteiger partial charge in [0.1, 0.15) is 0 Å². The molecule has 0 spiro atoms. The van der Waals surface area contributed by atoms with Gasteiger partial charge in [0, 0.05) is 17.5 Å². The van der Waals surface area contributed by atoms with Gasteiger partial charge in [-0.1, -0.05) is 13.0 Å². The minimum absolute atomic E-state index is 0.527. The maximum atomic E-state index is 3.65. The molecule has 0 aliphatic heterocycles. The number of thiophene rings is 1. The van der Waals surface area contributed by atoms with Gasteiger partial charge in [0.15, 0.2) is 0 Å². The predicted octanol–water partition coefficient (Wildman–Crippen LogP) is 3.59. The molecule has 78 valence electrons. The summed E-state index contributed by atoms with van der Waals surface area (Å²) < 4.78 is 0. The minimum Gasteiger partial charge on any atom is -0.309 e. The number of hydrogen-bond acceptors (Lipinski definition) is 2. The van der Waals surface area contributed by atoms with Crippen molar-refractivity contribution < 1.29 is 0 Å². The Bertz CT molecular complexity index is 275. The summed E-state index contributed by atoms with van der Waals surface area (Å²) in [7, 11) is 0. The Balaban J connectivity index is 1.81. The monoisotopic (exact) mass is 209 g/mol. The molecule has 0 aromatic carbocycles. The van der Waals surface area contributed by atoms with E-state index in [1.807, 2.05) is 11.3 Å². The number of nitrogens with one attached hydrogen (secondary N) is 1. The number of hydrogen-bond donors (Lipinski definition) is 1. The Morgan fingerprint density at radius 3 is 2.86 bits per heavy atom. The summed E-state index contributed by atoms with van der Waals surface area (Å²) in [6.07, 6.45) is 4.18. The molecule has 1 fully saturated rings. The van der Waals surface area contributed by atoms with Gasteiger partial charge < -0.3 is 5.32 Å². The highest BCUT2D eigenvalue weighted by Crippen LogP contribution is 2.48. The van der Waals surface area contributed by atoms with E-state index in [9.17, 15) is 0 Å². The lowest BCUT2D eigenvalue weighted by atomic mass is 10.0. The van der Waals surface area contributed by atoms with Crippen molar-refractivity contribution in [2.75, 3.05) is 6.54 Å². The first-order chi connectivity index (χ1) is 6.76. The van der Waals surface area contributed by atoms with E-state index >= 15 is 0 Å². The van der Waals surface area contributed by atoms with Crippen LogP contribution < -0.4 is 5.32 Å². The summed E-state index contributed by atoms with van der Waals surface area (Å²) in [5.41, 5.74) is 0.658. The van der Waals surface area contributed by atoms with Crippen molar-refractivity contribution in [1.29, 1.82) is 0 Å². The van der Waals surface area contributed by atoms with Crippen LogP contribution in [0, 0.1) is 5.41 Å². The van der Waals surface area contributed by atoms with Crippen molar-refractivity contribution in [3.63, 3.8) is 0 Å². The van der Waals surface area contributed by atoms with E-state index in [0.717, 1.165) is 0 Å². The SMILES string of the molecule is CCC1(CNC(C)c2cccs2)CC1. The third-order valence-electron chi connectivity index (χ3n) is 3.46. The average Bonchev–Trinajstić information content (AvgIpc) is 2.78. The van der Waals surface area contributed by atoms with Crippen molar-refractivity contribution in [2.24, 2.45) is 5.41 Å². The zero-order chi connectivity index (χ0) is 10.0. The molecule has 0 saturated heterocycles. The Kier molecular flexibility index (Phi) is 2.93. The van der Waals surface area contributed by atoms with Gasteiger partial charge >= 0.3 is 0 Å². The van der Waals surface area contributed by atoms with Gasteiger partial charge in [-0.05, 0) is 43.0 Å². The highest BCUT2D eigenvalue weighted by molar-refractivity contribution is 7.10. The molecule has 2 heteroatoms. The lowest BCUT2D eigenvalue weighted by Crippen LogP contribution is -2.25. The van der Waals surface area contributed by atoms with Crippen LogP contribution in [-0.4, -0.2) is 6.54 Å². The molecule has 1 aromatic heterocycles.